The number of ether oxygens (including phenoxy) is 1. The highest BCUT2D eigenvalue weighted by atomic mass is 16.5. The molecule has 5 rings (SSSR count). The molecular formula is C25H29N9O. The smallest absolute Gasteiger partial charge is 0.147 e. The molecule has 1 saturated carbocycles. The third-order valence-corrected chi connectivity index (χ3v) is 6.37. The fourth-order valence-electron chi connectivity index (χ4n) is 4.03. The first-order chi connectivity index (χ1) is 16.9. The van der Waals surface area contributed by atoms with Crippen molar-refractivity contribution in [1.29, 1.82) is 5.41 Å². The van der Waals surface area contributed by atoms with Gasteiger partial charge in [0.05, 0.1) is 29.5 Å². The van der Waals surface area contributed by atoms with Gasteiger partial charge in [-0.25, -0.2) is 19.9 Å². The number of anilines is 3. The Morgan fingerprint density at radius 3 is 2.43 bits per heavy atom. The van der Waals surface area contributed by atoms with E-state index in [0.717, 1.165) is 62.1 Å². The van der Waals surface area contributed by atoms with Gasteiger partial charge < -0.3 is 20.3 Å². The van der Waals surface area contributed by atoms with E-state index in [0.29, 0.717) is 16.9 Å². The molecule has 1 saturated heterocycles. The van der Waals surface area contributed by atoms with Gasteiger partial charge in [0.1, 0.15) is 29.3 Å². The van der Waals surface area contributed by atoms with E-state index in [9.17, 15) is 0 Å². The van der Waals surface area contributed by atoms with E-state index in [1.165, 1.54) is 6.33 Å². The molecular weight excluding hydrogens is 442 g/mol. The molecule has 0 unspecified atom stereocenters. The molecule has 10 heteroatoms. The molecule has 3 aromatic rings. The van der Waals surface area contributed by atoms with Gasteiger partial charge in [-0.1, -0.05) is 0 Å². The van der Waals surface area contributed by atoms with Gasteiger partial charge in [0.15, 0.2) is 0 Å². The first kappa shape index (κ1) is 22.7. The summed E-state index contributed by atoms with van der Waals surface area (Å²) in [6.07, 6.45) is 8.78. The minimum absolute atomic E-state index is 0.100. The molecule has 1 aromatic carbocycles. The summed E-state index contributed by atoms with van der Waals surface area (Å²) in [5.74, 6) is 2.36. The molecule has 1 aliphatic heterocycles. The maximum Gasteiger partial charge on any atom is 0.147 e. The van der Waals surface area contributed by atoms with Crippen molar-refractivity contribution >= 4 is 29.2 Å². The molecule has 1 aliphatic carbocycles. The number of benzene rings is 1. The SMILES string of the molecule is CN=Cc1cnc(N2CCN(c3cc(C(=N)c4cc(OC5(C)CC5)ccc4N)ncn3)CC2)cn1. The predicted octanol–water partition coefficient (Wildman–Crippen LogP) is 2.57. The van der Waals surface area contributed by atoms with Crippen LogP contribution in [0.3, 0.4) is 0 Å². The number of piperazine rings is 1. The van der Waals surface area contributed by atoms with E-state index in [4.69, 9.17) is 15.9 Å². The van der Waals surface area contributed by atoms with E-state index < -0.39 is 0 Å². The van der Waals surface area contributed by atoms with Crippen molar-refractivity contribution in [2.24, 2.45) is 4.99 Å². The molecule has 10 nitrogen and oxygen atoms in total. The number of nitrogens with two attached hydrogens (primary N) is 1. The first-order valence-electron chi connectivity index (χ1n) is 11.7. The van der Waals surface area contributed by atoms with Gasteiger partial charge in [-0.05, 0) is 38.0 Å². The fourth-order valence-corrected chi connectivity index (χ4v) is 4.03. The van der Waals surface area contributed by atoms with E-state index in [1.54, 1.807) is 31.7 Å². The van der Waals surface area contributed by atoms with Crippen molar-refractivity contribution in [1.82, 2.24) is 19.9 Å². The first-order valence-corrected chi connectivity index (χ1v) is 11.7. The average molecular weight is 472 g/mol. The Kier molecular flexibility index (Phi) is 6.02. The minimum Gasteiger partial charge on any atom is -0.488 e. The van der Waals surface area contributed by atoms with Crippen molar-refractivity contribution in [3.05, 3.63) is 59.9 Å². The molecule has 0 atom stereocenters. The topological polar surface area (TPSA) is 130 Å². The van der Waals surface area contributed by atoms with Crippen LogP contribution >= 0.6 is 0 Å². The van der Waals surface area contributed by atoms with Gasteiger partial charge in [-0.2, -0.15) is 0 Å². The molecule has 0 amide bonds. The molecule has 3 heterocycles. The zero-order valence-corrected chi connectivity index (χ0v) is 20.0. The van der Waals surface area contributed by atoms with Crippen molar-refractivity contribution in [2.45, 2.75) is 25.4 Å². The van der Waals surface area contributed by atoms with Crippen molar-refractivity contribution in [3.63, 3.8) is 0 Å². The lowest BCUT2D eigenvalue weighted by Crippen LogP contribution is -2.47. The fraction of sp³-hybridized carbons (Fsp3) is 0.360. The van der Waals surface area contributed by atoms with Crippen LogP contribution in [0.25, 0.3) is 0 Å². The number of hydrogen-bond acceptors (Lipinski definition) is 10. The highest BCUT2D eigenvalue weighted by Crippen LogP contribution is 2.40. The molecule has 180 valence electrons. The summed E-state index contributed by atoms with van der Waals surface area (Å²) in [5.41, 5.74) is 8.76. The third kappa shape index (κ3) is 5.06. The minimum atomic E-state index is -0.100. The lowest BCUT2D eigenvalue weighted by Gasteiger charge is -2.35. The van der Waals surface area contributed by atoms with Crippen LogP contribution in [-0.4, -0.2) is 70.7 Å². The van der Waals surface area contributed by atoms with Crippen LogP contribution < -0.4 is 20.3 Å². The quantitative estimate of drug-likeness (QED) is 0.397. The van der Waals surface area contributed by atoms with Gasteiger partial charge in [-0.3, -0.25) is 10.4 Å². The Labute approximate surface area is 204 Å². The Morgan fingerprint density at radius 2 is 1.77 bits per heavy atom. The summed E-state index contributed by atoms with van der Waals surface area (Å²) in [5, 5.41) is 8.78. The lowest BCUT2D eigenvalue weighted by molar-refractivity contribution is 0.200. The Morgan fingerprint density at radius 1 is 1.03 bits per heavy atom. The van der Waals surface area contributed by atoms with Gasteiger partial charge in [0, 0.05) is 56.8 Å². The second kappa shape index (κ2) is 9.28. The summed E-state index contributed by atoms with van der Waals surface area (Å²) >= 11 is 0. The molecule has 35 heavy (non-hydrogen) atoms. The second-order valence-corrected chi connectivity index (χ2v) is 9.10. The van der Waals surface area contributed by atoms with Crippen LogP contribution in [0.4, 0.5) is 17.3 Å². The maximum atomic E-state index is 8.78. The summed E-state index contributed by atoms with van der Waals surface area (Å²) in [7, 11) is 1.71. The van der Waals surface area contributed by atoms with Crippen LogP contribution in [0.2, 0.25) is 0 Å². The van der Waals surface area contributed by atoms with E-state index >= 15 is 0 Å². The second-order valence-electron chi connectivity index (χ2n) is 9.10. The lowest BCUT2D eigenvalue weighted by atomic mass is 10.0. The third-order valence-electron chi connectivity index (χ3n) is 6.37. The number of aliphatic imine (C=N–C) groups is 1. The summed E-state index contributed by atoms with van der Waals surface area (Å²) < 4.78 is 6.06. The summed E-state index contributed by atoms with van der Waals surface area (Å²) in [6.45, 7) is 5.21. The zero-order valence-electron chi connectivity index (χ0n) is 20.0. The van der Waals surface area contributed by atoms with Crippen LogP contribution in [-0.2, 0) is 0 Å². The largest absolute Gasteiger partial charge is 0.488 e. The summed E-state index contributed by atoms with van der Waals surface area (Å²) in [6, 6.07) is 7.33. The van der Waals surface area contributed by atoms with Gasteiger partial charge in [0.2, 0.25) is 0 Å². The number of rotatable bonds is 7. The van der Waals surface area contributed by atoms with Crippen LogP contribution in [0.5, 0.6) is 5.75 Å². The average Bonchev–Trinajstić information content (AvgIpc) is 3.62. The van der Waals surface area contributed by atoms with Crippen molar-refractivity contribution in [3.8, 4) is 5.75 Å². The van der Waals surface area contributed by atoms with Gasteiger partial charge in [-0.15, -0.1) is 0 Å². The number of nitrogens with zero attached hydrogens (tertiary/aromatic N) is 7. The van der Waals surface area contributed by atoms with Crippen molar-refractivity contribution < 1.29 is 4.74 Å². The van der Waals surface area contributed by atoms with E-state index in [-0.39, 0.29) is 11.3 Å². The molecule has 0 bridgehead atoms. The highest BCUT2D eigenvalue weighted by molar-refractivity contribution is 6.13. The monoisotopic (exact) mass is 471 g/mol. The zero-order chi connectivity index (χ0) is 24.4. The highest BCUT2D eigenvalue weighted by Gasteiger charge is 2.40. The number of aromatic nitrogens is 4. The Balaban J connectivity index is 1.27. The van der Waals surface area contributed by atoms with Gasteiger partial charge in [0.25, 0.3) is 0 Å². The molecule has 2 aromatic heterocycles. The van der Waals surface area contributed by atoms with E-state index in [2.05, 4.69) is 41.7 Å². The number of nitrogen functional groups attached to an aromatic ring is 1. The molecule has 2 fully saturated rings. The van der Waals surface area contributed by atoms with Crippen LogP contribution in [0, 0.1) is 5.41 Å². The molecule has 0 spiro atoms. The summed E-state index contributed by atoms with van der Waals surface area (Å²) in [4.78, 5) is 26.1. The number of hydrogen-bond donors (Lipinski definition) is 2. The van der Waals surface area contributed by atoms with Crippen LogP contribution in [0.15, 0.2) is 48.0 Å². The van der Waals surface area contributed by atoms with E-state index in [1.807, 2.05) is 18.2 Å². The molecule has 0 radical (unpaired) electrons. The van der Waals surface area contributed by atoms with Gasteiger partial charge >= 0.3 is 0 Å². The molecule has 2 aliphatic rings. The van der Waals surface area contributed by atoms with Crippen LogP contribution in [0.1, 0.15) is 36.7 Å². The molecule has 3 N–H and O–H groups in total. The Bertz CT molecular complexity index is 1250. The number of nitrogens with one attached hydrogen (secondary N) is 1. The predicted molar refractivity (Wildman–Crippen MR) is 137 cm³/mol. The Hall–Kier alpha value is -4.08. The van der Waals surface area contributed by atoms with Crippen molar-refractivity contribution in [2.75, 3.05) is 48.8 Å². The standard InChI is InChI=1S/C25H29N9O/c1-25(5-6-25)35-18-3-4-20(26)19(11-18)24(27)21-12-22(32-16-31-21)33-7-9-34(10-8-33)23-15-29-17(13-28-2)14-30-23/h3-4,11-16,27H,5-10,26H2,1-2H3. The normalized spacial score (nSPS) is 17.0. The maximum absolute atomic E-state index is 8.78.